The van der Waals surface area contributed by atoms with E-state index in [4.69, 9.17) is 0 Å². The number of nitrogens with zero attached hydrogens (tertiary/aromatic N) is 2. The maximum absolute atomic E-state index is 12.9. The number of benzene rings is 2. The Morgan fingerprint density at radius 3 is 2.25 bits per heavy atom. The van der Waals surface area contributed by atoms with Gasteiger partial charge in [0.2, 0.25) is 0 Å². The van der Waals surface area contributed by atoms with Crippen LogP contribution in [0, 0.1) is 13.8 Å². The number of hydrogen-bond acceptors (Lipinski definition) is 3. The third kappa shape index (κ3) is 3.88. The van der Waals surface area contributed by atoms with Crippen LogP contribution in [-0.4, -0.2) is 21.6 Å². The van der Waals surface area contributed by atoms with Crippen LogP contribution >= 0.6 is 0 Å². The van der Waals surface area contributed by atoms with Gasteiger partial charge in [0.15, 0.2) is 0 Å². The molecule has 0 saturated heterocycles. The fraction of sp³-hybridized carbons (Fsp3) is 0.261. The van der Waals surface area contributed by atoms with Crippen molar-refractivity contribution in [2.24, 2.45) is 0 Å². The van der Waals surface area contributed by atoms with E-state index in [2.05, 4.69) is 24.3 Å². The van der Waals surface area contributed by atoms with Crippen LogP contribution in [0.4, 0.5) is 5.69 Å². The Hall–Kier alpha value is -3.21. The quantitative estimate of drug-likeness (QED) is 0.686. The summed E-state index contributed by atoms with van der Waals surface area (Å²) in [7, 11) is 0. The van der Waals surface area contributed by atoms with Gasteiger partial charge in [-0.25, -0.2) is 4.68 Å². The van der Waals surface area contributed by atoms with Crippen LogP contribution in [0.15, 0.2) is 54.6 Å². The summed E-state index contributed by atoms with van der Waals surface area (Å²) in [5.74, 6) is 0.00429. The molecule has 0 spiro atoms. The Labute approximate surface area is 165 Å². The third-order valence-corrected chi connectivity index (χ3v) is 5.07. The molecule has 0 aliphatic rings. The molecule has 5 nitrogen and oxygen atoms in total. The molecule has 1 aromatic heterocycles. The lowest BCUT2D eigenvalue weighted by atomic mass is 9.97. The molecule has 0 fully saturated rings. The van der Waals surface area contributed by atoms with E-state index in [0.29, 0.717) is 22.7 Å². The highest BCUT2D eigenvalue weighted by molar-refractivity contribution is 6.04. The van der Waals surface area contributed by atoms with Crippen molar-refractivity contribution >= 4 is 17.5 Å². The third-order valence-electron chi connectivity index (χ3n) is 5.07. The molecule has 0 saturated carbocycles. The second-order valence-corrected chi connectivity index (χ2v) is 7.01. The minimum Gasteiger partial charge on any atom is -0.322 e. The van der Waals surface area contributed by atoms with Crippen molar-refractivity contribution in [2.75, 3.05) is 5.32 Å². The summed E-state index contributed by atoms with van der Waals surface area (Å²) in [5.41, 5.74) is 4.67. The van der Waals surface area contributed by atoms with Gasteiger partial charge >= 0.3 is 0 Å². The maximum Gasteiger partial charge on any atom is 0.278 e. The highest BCUT2D eigenvalue weighted by Gasteiger charge is 2.20. The fourth-order valence-corrected chi connectivity index (χ4v) is 3.38. The largest absolute Gasteiger partial charge is 0.322 e. The second kappa shape index (κ2) is 8.21. The Morgan fingerprint density at radius 1 is 1.00 bits per heavy atom. The number of aryl methyl sites for hydroxylation is 1. The lowest BCUT2D eigenvalue weighted by Gasteiger charge is -2.10. The molecule has 28 heavy (non-hydrogen) atoms. The van der Waals surface area contributed by atoms with Gasteiger partial charge in [-0.2, -0.15) is 5.10 Å². The Morgan fingerprint density at radius 2 is 1.64 bits per heavy atom. The number of hydrogen-bond donors (Lipinski definition) is 1. The Balaban J connectivity index is 1.78. The van der Waals surface area contributed by atoms with Crippen LogP contribution in [0.5, 0.6) is 0 Å². The molecule has 2 aromatic carbocycles. The first-order chi connectivity index (χ1) is 13.4. The Kier molecular flexibility index (Phi) is 5.73. The number of nitrogens with one attached hydrogen (secondary N) is 1. The number of amides is 1. The molecule has 0 bridgehead atoms. The lowest BCUT2D eigenvalue weighted by Crippen LogP contribution is -2.16. The van der Waals surface area contributed by atoms with Crippen LogP contribution in [0.2, 0.25) is 0 Å². The predicted molar refractivity (Wildman–Crippen MR) is 111 cm³/mol. The minimum atomic E-state index is -0.184. The SMILES string of the molecule is CCC(C)c1c(C)nn(C(=O)c2ccc(NC(=O)c3ccccc3)cc2)c1C. The predicted octanol–water partition coefficient (Wildman–Crippen LogP) is 4.95. The van der Waals surface area contributed by atoms with E-state index in [0.717, 1.165) is 23.4 Å². The Bertz CT molecular complexity index is 989. The number of rotatable bonds is 5. The van der Waals surface area contributed by atoms with Crippen molar-refractivity contribution in [2.45, 2.75) is 40.0 Å². The van der Waals surface area contributed by atoms with E-state index in [1.165, 1.54) is 4.68 Å². The molecule has 3 rings (SSSR count). The molecular formula is C23H25N3O2. The zero-order valence-corrected chi connectivity index (χ0v) is 16.7. The second-order valence-electron chi connectivity index (χ2n) is 7.01. The van der Waals surface area contributed by atoms with Gasteiger partial charge in [0, 0.05) is 22.5 Å². The van der Waals surface area contributed by atoms with Crippen molar-refractivity contribution in [1.29, 1.82) is 0 Å². The van der Waals surface area contributed by atoms with E-state index in [1.54, 1.807) is 36.4 Å². The van der Waals surface area contributed by atoms with Crippen molar-refractivity contribution in [3.8, 4) is 0 Å². The highest BCUT2D eigenvalue weighted by atomic mass is 16.2. The van der Waals surface area contributed by atoms with E-state index in [-0.39, 0.29) is 11.8 Å². The van der Waals surface area contributed by atoms with Gasteiger partial charge in [0.25, 0.3) is 11.8 Å². The molecule has 1 atom stereocenters. The first-order valence-electron chi connectivity index (χ1n) is 9.49. The topological polar surface area (TPSA) is 64.0 Å². The minimum absolute atomic E-state index is 0.170. The van der Waals surface area contributed by atoms with E-state index < -0.39 is 0 Å². The zero-order chi connectivity index (χ0) is 20.3. The zero-order valence-electron chi connectivity index (χ0n) is 16.7. The fourth-order valence-electron chi connectivity index (χ4n) is 3.38. The molecule has 0 aliphatic heterocycles. The lowest BCUT2D eigenvalue weighted by molar-refractivity contribution is 0.0941. The summed E-state index contributed by atoms with van der Waals surface area (Å²) in [4.78, 5) is 25.2. The number of carbonyl (C=O) groups excluding carboxylic acids is 2. The van der Waals surface area contributed by atoms with Crippen LogP contribution in [0.3, 0.4) is 0 Å². The standard InChI is InChI=1S/C23H25N3O2/c1-5-15(2)21-16(3)25-26(17(21)4)23(28)19-11-13-20(14-12-19)24-22(27)18-9-7-6-8-10-18/h6-15H,5H2,1-4H3,(H,24,27). The van der Waals surface area contributed by atoms with Crippen LogP contribution in [0.1, 0.15) is 63.9 Å². The smallest absolute Gasteiger partial charge is 0.278 e. The van der Waals surface area contributed by atoms with Gasteiger partial charge in [0.05, 0.1) is 5.69 Å². The van der Waals surface area contributed by atoms with Crippen molar-refractivity contribution < 1.29 is 9.59 Å². The molecule has 1 unspecified atom stereocenters. The number of aromatic nitrogens is 2. The van der Waals surface area contributed by atoms with Gasteiger partial charge in [0.1, 0.15) is 0 Å². The van der Waals surface area contributed by atoms with Gasteiger partial charge < -0.3 is 5.32 Å². The van der Waals surface area contributed by atoms with Crippen molar-refractivity contribution in [3.63, 3.8) is 0 Å². The van der Waals surface area contributed by atoms with Crippen LogP contribution in [0.25, 0.3) is 0 Å². The summed E-state index contributed by atoms with van der Waals surface area (Å²) in [6, 6.07) is 15.9. The summed E-state index contributed by atoms with van der Waals surface area (Å²) in [6.45, 7) is 8.16. The van der Waals surface area contributed by atoms with Gasteiger partial charge in [-0.3, -0.25) is 9.59 Å². The van der Waals surface area contributed by atoms with Crippen LogP contribution in [-0.2, 0) is 0 Å². The number of carbonyl (C=O) groups is 2. The first-order valence-corrected chi connectivity index (χ1v) is 9.49. The van der Waals surface area contributed by atoms with E-state index >= 15 is 0 Å². The molecule has 5 heteroatoms. The highest BCUT2D eigenvalue weighted by Crippen LogP contribution is 2.26. The number of anilines is 1. The molecule has 0 aliphatic carbocycles. The van der Waals surface area contributed by atoms with Gasteiger partial charge in [-0.05, 0) is 68.1 Å². The maximum atomic E-state index is 12.9. The first kappa shape index (κ1) is 19.5. The molecule has 144 valence electrons. The molecule has 3 aromatic rings. The molecule has 0 radical (unpaired) electrons. The van der Waals surface area contributed by atoms with Gasteiger partial charge in [-0.15, -0.1) is 0 Å². The summed E-state index contributed by atoms with van der Waals surface area (Å²) in [5, 5.41) is 7.30. The summed E-state index contributed by atoms with van der Waals surface area (Å²) >= 11 is 0. The summed E-state index contributed by atoms with van der Waals surface area (Å²) < 4.78 is 1.48. The average molecular weight is 375 g/mol. The molecule has 1 heterocycles. The van der Waals surface area contributed by atoms with Crippen LogP contribution < -0.4 is 5.32 Å². The normalized spacial score (nSPS) is 11.9. The molecule has 1 amide bonds. The van der Waals surface area contributed by atoms with Gasteiger partial charge in [-0.1, -0.05) is 32.0 Å². The van der Waals surface area contributed by atoms with Crippen molar-refractivity contribution in [1.82, 2.24) is 9.78 Å². The van der Waals surface area contributed by atoms with Crippen molar-refractivity contribution in [3.05, 3.63) is 82.7 Å². The van der Waals surface area contributed by atoms with E-state index in [1.807, 2.05) is 32.0 Å². The average Bonchev–Trinajstić information content (AvgIpc) is 3.02. The molecule has 1 N–H and O–H groups in total. The monoisotopic (exact) mass is 375 g/mol. The summed E-state index contributed by atoms with van der Waals surface area (Å²) in [6.07, 6.45) is 0.997. The van der Waals surface area contributed by atoms with E-state index in [9.17, 15) is 9.59 Å². The molecular weight excluding hydrogens is 350 g/mol.